The van der Waals surface area contributed by atoms with Crippen molar-refractivity contribution in [2.24, 2.45) is 0 Å². The number of nitrogens with zero attached hydrogens (tertiary/aromatic N) is 1. The fourth-order valence-corrected chi connectivity index (χ4v) is 0.954. The molecule has 6 heteroatoms. The second-order valence-electron chi connectivity index (χ2n) is 3.02. The van der Waals surface area contributed by atoms with Gasteiger partial charge in [0.2, 0.25) is 0 Å². The second kappa shape index (κ2) is 8.80. The lowest BCUT2D eigenvalue weighted by molar-refractivity contribution is 0.310. The van der Waals surface area contributed by atoms with Crippen molar-refractivity contribution in [1.29, 1.82) is 0 Å². The topological polar surface area (TPSA) is 78.4 Å². The molecule has 0 amide bonds. The van der Waals surface area contributed by atoms with E-state index < -0.39 is 8.60 Å². The Morgan fingerprint density at radius 1 is 1.53 bits per heavy atom. The zero-order chi connectivity index (χ0) is 11.7. The van der Waals surface area contributed by atoms with Gasteiger partial charge in [0, 0.05) is 13.3 Å². The van der Waals surface area contributed by atoms with E-state index in [2.05, 4.69) is 21.4 Å². The first-order chi connectivity index (χ1) is 7.10. The first-order valence-electron chi connectivity index (χ1n) is 4.83. The van der Waals surface area contributed by atoms with Gasteiger partial charge in [0.1, 0.15) is 5.82 Å². The lowest BCUT2D eigenvalue weighted by atomic mass is 10.2. The number of imidazole rings is 1. The summed E-state index contributed by atoms with van der Waals surface area (Å²) in [6.07, 6.45) is 5.59. The molecule has 5 nitrogen and oxygen atoms in total. The van der Waals surface area contributed by atoms with Gasteiger partial charge < -0.3 is 19.3 Å². The van der Waals surface area contributed by atoms with Crippen LogP contribution >= 0.6 is 8.60 Å². The van der Waals surface area contributed by atoms with Crippen LogP contribution in [0.15, 0.2) is 6.20 Å². The molecule has 0 unspecified atom stereocenters. The van der Waals surface area contributed by atoms with Crippen LogP contribution in [0.5, 0.6) is 0 Å². The molecule has 15 heavy (non-hydrogen) atoms. The van der Waals surface area contributed by atoms with Crippen molar-refractivity contribution in [3.8, 4) is 0 Å². The fraction of sp³-hybridized carbons (Fsp3) is 0.667. The first-order valence-corrected chi connectivity index (χ1v) is 5.99. The number of H-pyrrole nitrogens is 1. The van der Waals surface area contributed by atoms with E-state index in [9.17, 15) is 0 Å². The van der Waals surface area contributed by atoms with Crippen LogP contribution in [0.3, 0.4) is 0 Å². The molecular formula is C9H19N2O3P. The SMILES string of the molecule is CCCCc1c[nH]c(C)n1.COP(O)O. The molecule has 0 aliphatic heterocycles. The third kappa shape index (κ3) is 8.51. The summed E-state index contributed by atoms with van der Waals surface area (Å²) >= 11 is 0. The van der Waals surface area contributed by atoms with Gasteiger partial charge in [-0.3, -0.25) is 0 Å². The highest BCUT2D eigenvalue weighted by molar-refractivity contribution is 7.39. The third-order valence-corrected chi connectivity index (χ3v) is 2.04. The molecule has 1 heterocycles. The van der Waals surface area contributed by atoms with Crippen LogP contribution in [0.25, 0.3) is 0 Å². The number of rotatable bonds is 4. The summed E-state index contributed by atoms with van der Waals surface area (Å²) in [5.41, 5.74) is 1.19. The van der Waals surface area contributed by atoms with E-state index in [0.29, 0.717) is 0 Å². The van der Waals surface area contributed by atoms with E-state index in [1.54, 1.807) is 0 Å². The number of aryl methyl sites for hydroxylation is 2. The summed E-state index contributed by atoms with van der Waals surface area (Å²) in [6.45, 7) is 4.18. The molecule has 0 spiro atoms. The maximum absolute atomic E-state index is 7.76. The lowest BCUT2D eigenvalue weighted by Crippen LogP contribution is -1.83. The first kappa shape index (κ1) is 14.5. The highest BCUT2D eigenvalue weighted by atomic mass is 31.2. The predicted octanol–water partition coefficient (Wildman–Crippen LogP) is 1.91. The van der Waals surface area contributed by atoms with Crippen LogP contribution in [0.4, 0.5) is 0 Å². The quantitative estimate of drug-likeness (QED) is 0.695. The highest BCUT2D eigenvalue weighted by Crippen LogP contribution is 2.20. The molecule has 0 radical (unpaired) electrons. The average molecular weight is 234 g/mol. The maximum Gasteiger partial charge on any atom is 0.326 e. The van der Waals surface area contributed by atoms with E-state index in [0.717, 1.165) is 12.2 Å². The summed E-state index contributed by atoms with van der Waals surface area (Å²) in [6, 6.07) is 0. The van der Waals surface area contributed by atoms with Crippen LogP contribution in [0, 0.1) is 6.92 Å². The van der Waals surface area contributed by atoms with Gasteiger partial charge in [0.25, 0.3) is 0 Å². The molecule has 3 N–H and O–H groups in total. The van der Waals surface area contributed by atoms with Crippen LogP contribution < -0.4 is 0 Å². The van der Waals surface area contributed by atoms with Crippen LogP contribution in [0.1, 0.15) is 31.3 Å². The van der Waals surface area contributed by atoms with E-state index in [1.807, 2.05) is 13.1 Å². The number of aromatic nitrogens is 2. The molecule has 0 bridgehead atoms. The molecule has 1 rings (SSSR count). The Morgan fingerprint density at radius 3 is 2.47 bits per heavy atom. The zero-order valence-electron chi connectivity index (χ0n) is 9.40. The normalized spacial score (nSPS) is 10.0. The largest absolute Gasteiger partial charge is 0.349 e. The van der Waals surface area contributed by atoms with E-state index in [-0.39, 0.29) is 0 Å². The maximum atomic E-state index is 7.76. The predicted molar refractivity (Wildman–Crippen MR) is 60.3 cm³/mol. The molecule has 0 fully saturated rings. The average Bonchev–Trinajstić information content (AvgIpc) is 2.62. The molecule has 0 aromatic carbocycles. The van der Waals surface area contributed by atoms with Gasteiger partial charge in [0.15, 0.2) is 0 Å². The third-order valence-electron chi connectivity index (χ3n) is 1.71. The van der Waals surface area contributed by atoms with Crippen molar-refractivity contribution in [3.05, 3.63) is 17.7 Å². The van der Waals surface area contributed by atoms with Gasteiger partial charge in [-0.15, -0.1) is 0 Å². The molecular weight excluding hydrogens is 215 g/mol. The summed E-state index contributed by atoms with van der Waals surface area (Å²) in [7, 11) is -0.870. The number of nitrogens with one attached hydrogen (secondary N) is 1. The summed E-state index contributed by atoms with van der Waals surface area (Å²) in [4.78, 5) is 22.9. The fourth-order valence-electron chi connectivity index (χ4n) is 0.954. The van der Waals surface area contributed by atoms with Crippen LogP contribution in [0.2, 0.25) is 0 Å². The monoisotopic (exact) mass is 234 g/mol. The Balaban J connectivity index is 0.000000336. The summed E-state index contributed by atoms with van der Waals surface area (Å²) < 4.78 is 3.93. The standard InChI is InChI=1S/C8H14N2.CH5O3P/c1-3-4-5-8-6-9-7(2)10-8;1-4-5(2)3/h6H,3-5H2,1-2H3,(H,9,10);2-3H,1H3. The molecule has 0 aliphatic rings. The Bertz CT molecular complexity index is 253. The van der Waals surface area contributed by atoms with Gasteiger partial charge in [-0.05, 0) is 19.8 Å². The zero-order valence-corrected chi connectivity index (χ0v) is 10.3. The minimum atomic E-state index is -2.10. The van der Waals surface area contributed by atoms with E-state index in [1.165, 1.54) is 25.6 Å². The molecule has 1 aromatic rings. The van der Waals surface area contributed by atoms with Crippen molar-refractivity contribution < 1.29 is 14.3 Å². The molecule has 0 aliphatic carbocycles. The Labute approximate surface area is 91.5 Å². The van der Waals surface area contributed by atoms with Gasteiger partial charge in [-0.2, -0.15) is 0 Å². The summed E-state index contributed by atoms with van der Waals surface area (Å²) in [5, 5.41) is 0. The smallest absolute Gasteiger partial charge is 0.326 e. The Hall–Kier alpha value is -0.480. The minimum Gasteiger partial charge on any atom is -0.349 e. The van der Waals surface area contributed by atoms with E-state index in [4.69, 9.17) is 9.79 Å². The Morgan fingerprint density at radius 2 is 2.13 bits per heavy atom. The molecule has 88 valence electrons. The molecule has 1 aromatic heterocycles. The lowest BCUT2D eigenvalue weighted by Gasteiger charge is -1.89. The van der Waals surface area contributed by atoms with Gasteiger partial charge in [-0.25, -0.2) is 4.98 Å². The van der Waals surface area contributed by atoms with Crippen molar-refractivity contribution in [1.82, 2.24) is 9.97 Å². The van der Waals surface area contributed by atoms with Gasteiger partial charge >= 0.3 is 8.60 Å². The summed E-state index contributed by atoms with van der Waals surface area (Å²) in [5.74, 6) is 1.02. The van der Waals surface area contributed by atoms with Gasteiger partial charge in [0.05, 0.1) is 5.69 Å². The minimum absolute atomic E-state index is 1.02. The van der Waals surface area contributed by atoms with Crippen molar-refractivity contribution in [3.63, 3.8) is 0 Å². The van der Waals surface area contributed by atoms with Crippen molar-refractivity contribution in [2.75, 3.05) is 7.11 Å². The van der Waals surface area contributed by atoms with Crippen molar-refractivity contribution >= 4 is 8.60 Å². The second-order valence-corrected chi connectivity index (χ2v) is 3.89. The van der Waals surface area contributed by atoms with Crippen molar-refractivity contribution in [2.45, 2.75) is 33.1 Å². The van der Waals surface area contributed by atoms with Gasteiger partial charge in [-0.1, -0.05) is 13.3 Å². The number of hydrogen-bond acceptors (Lipinski definition) is 4. The molecule has 0 saturated heterocycles. The van der Waals surface area contributed by atoms with Crippen LogP contribution in [-0.4, -0.2) is 26.9 Å². The Kier molecular flexibility index (Phi) is 8.52. The van der Waals surface area contributed by atoms with E-state index >= 15 is 0 Å². The number of aromatic amines is 1. The van der Waals surface area contributed by atoms with Crippen LogP contribution in [-0.2, 0) is 10.9 Å². The highest BCUT2D eigenvalue weighted by Gasteiger charge is 1.94. The molecule has 0 atom stereocenters. The molecule has 0 saturated carbocycles. The number of hydrogen-bond donors (Lipinski definition) is 3. The number of unbranched alkanes of at least 4 members (excludes halogenated alkanes) is 1.